The Hall–Kier alpha value is -1.69. The standard InChI is InChI=1S/C11H14N2O3S/c1-2-15-8-3-5-9(6-4-8)16-10(14)7-17-11(12)13/h3-6H,2,7H2,1H3,(H3,12,13). The highest BCUT2D eigenvalue weighted by Crippen LogP contribution is 2.18. The summed E-state index contributed by atoms with van der Waals surface area (Å²) in [5, 5.41) is 6.86. The van der Waals surface area contributed by atoms with Crippen molar-refractivity contribution in [3.8, 4) is 11.5 Å². The zero-order valence-electron chi connectivity index (χ0n) is 9.43. The number of hydrogen-bond acceptors (Lipinski definition) is 5. The summed E-state index contributed by atoms with van der Waals surface area (Å²) in [4.78, 5) is 11.3. The second kappa shape index (κ2) is 6.80. The summed E-state index contributed by atoms with van der Waals surface area (Å²) in [6, 6.07) is 6.76. The Morgan fingerprint density at radius 1 is 1.35 bits per heavy atom. The predicted molar refractivity (Wildman–Crippen MR) is 67.6 cm³/mol. The maximum atomic E-state index is 11.3. The van der Waals surface area contributed by atoms with Crippen LogP contribution >= 0.6 is 11.8 Å². The molecule has 0 aromatic heterocycles. The van der Waals surface area contributed by atoms with Crippen molar-refractivity contribution in [3.63, 3.8) is 0 Å². The Balaban J connectivity index is 2.45. The van der Waals surface area contributed by atoms with Crippen LogP contribution in [0.1, 0.15) is 6.92 Å². The third kappa shape index (κ3) is 5.26. The molecular weight excluding hydrogens is 240 g/mol. The molecule has 1 rings (SSSR count). The van der Waals surface area contributed by atoms with Crippen molar-refractivity contribution >= 4 is 22.9 Å². The fraction of sp³-hybridized carbons (Fsp3) is 0.273. The van der Waals surface area contributed by atoms with Gasteiger partial charge >= 0.3 is 5.97 Å². The first kappa shape index (κ1) is 13.4. The molecule has 17 heavy (non-hydrogen) atoms. The summed E-state index contributed by atoms with van der Waals surface area (Å²) in [6.45, 7) is 2.49. The number of carbonyl (C=O) groups excluding carboxylic acids is 1. The van der Waals surface area contributed by atoms with E-state index in [9.17, 15) is 4.79 Å². The molecule has 1 aromatic rings. The molecule has 0 aliphatic rings. The molecule has 0 aliphatic heterocycles. The minimum Gasteiger partial charge on any atom is -0.494 e. The topological polar surface area (TPSA) is 85.4 Å². The lowest BCUT2D eigenvalue weighted by Crippen LogP contribution is -2.14. The summed E-state index contributed by atoms with van der Waals surface area (Å²) < 4.78 is 10.3. The van der Waals surface area contributed by atoms with Crippen LogP contribution in [0.25, 0.3) is 0 Å². The van der Waals surface area contributed by atoms with Crippen LogP contribution in [0.5, 0.6) is 11.5 Å². The molecule has 0 saturated heterocycles. The van der Waals surface area contributed by atoms with E-state index in [4.69, 9.17) is 20.6 Å². The molecule has 0 atom stereocenters. The number of hydrogen-bond donors (Lipinski definition) is 2. The fourth-order valence-electron chi connectivity index (χ4n) is 1.07. The second-order valence-electron chi connectivity index (χ2n) is 3.03. The molecule has 0 bridgehead atoms. The average molecular weight is 254 g/mol. The number of benzene rings is 1. The van der Waals surface area contributed by atoms with Gasteiger partial charge in [-0.3, -0.25) is 10.2 Å². The monoisotopic (exact) mass is 254 g/mol. The van der Waals surface area contributed by atoms with E-state index >= 15 is 0 Å². The van der Waals surface area contributed by atoms with Gasteiger partial charge in [0.05, 0.1) is 12.4 Å². The van der Waals surface area contributed by atoms with E-state index in [1.54, 1.807) is 24.3 Å². The number of thioether (sulfide) groups is 1. The number of ether oxygens (including phenoxy) is 2. The highest BCUT2D eigenvalue weighted by atomic mass is 32.2. The Labute approximate surface area is 104 Å². The van der Waals surface area contributed by atoms with Gasteiger partial charge < -0.3 is 15.2 Å². The van der Waals surface area contributed by atoms with Crippen molar-refractivity contribution in [1.82, 2.24) is 0 Å². The molecule has 0 unspecified atom stereocenters. The molecule has 0 amide bonds. The molecule has 5 nitrogen and oxygen atoms in total. The Kier molecular flexibility index (Phi) is 5.35. The largest absolute Gasteiger partial charge is 0.494 e. The summed E-state index contributed by atoms with van der Waals surface area (Å²) in [6.07, 6.45) is 0. The van der Waals surface area contributed by atoms with Gasteiger partial charge in [-0.05, 0) is 31.2 Å². The van der Waals surface area contributed by atoms with E-state index in [0.29, 0.717) is 12.4 Å². The van der Waals surface area contributed by atoms with Crippen LogP contribution in [-0.4, -0.2) is 23.5 Å². The number of amidine groups is 1. The number of carbonyl (C=O) groups is 1. The molecule has 6 heteroatoms. The van der Waals surface area contributed by atoms with Gasteiger partial charge in [0.2, 0.25) is 0 Å². The van der Waals surface area contributed by atoms with Crippen molar-refractivity contribution in [3.05, 3.63) is 24.3 Å². The quantitative estimate of drug-likeness (QED) is 0.361. The highest BCUT2D eigenvalue weighted by Gasteiger charge is 2.06. The zero-order chi connectivity index (χ0) is 12.7. The van der Waals surface area contributed by atoms with Gasteiger partial charge in [-0.2, -0.15) is 0 Å². The van der Waals surface area contributed by atoms with Crippen LogP contribution in [0.4, 0.5) is 0 Å². The van der Waals surface area contributed by atoms with Gasteiger partial charge in [0, 0.05) is 0 Å². The Morgan fingerprint density at radius 2 is 1.94 bits per heavy atom. The molecule has 3 N–H and O–H groups in total. The smallest absolute Gasteiger partial charge is 0.321 e. The van der Waals surface area contributed by atoms with E-state index < -0.39 is 5.97 Å². The molecular formula is C11H14N2O3S. The first-order valence-electron chi connectivity index (χ1n) is 5.02. The number of nitrogens with one attached hydrogen (secondary N) is 1. The summed E-state index contributed by atoms with van der Waals surface area (Å²) in [5.74, 6) is 0.769. The van der Waals surface area contributed by atoms with Crippen molar-refractivity contribution in [2.45, 2.75) is 6.92 Å². The minimum atomic E-state index is -0.436. The summed E-state index contributed by atoms with van der Waals surface area (Å²) in [7, 11) is 0. The van der Waals surface area contributed by atoms with Gasteiger partial charge in [0.25, 0.3) is 0 Å². The first-order valence-corrected chi connectivity index (χ1v) is 6.00. The highest BCUT2D eigenvalue weighted by molar-refractivity contribution is 8.14. The molecule has 0 radical (unpaired) electrons. The van der Waals surface area contributed by atoms with Crippen molar-refractivity contribution in [2.75, 3.05) is 12.4 Å². The van der Waals surface area contributed by atoms with Gasteiger partial charge in [-0.15, -0.1) is 0 Å². The van der Waals surface area contributed by atoms with Crippen LogP contribution in [0.3, 0.4) is 0 Å². The second-order valence-corrected chi connectivity index (χ2v) is 4.05. The summed E-state index contributed by atoms with van der Waals surface area (Å²) >= 11 is 0.932. The number of nitrogens with two attached hydrogens (primary N) is 1. The maximum absolute atomic E-state index is 11.3. The lowest BCUT2D eigenvalue weighted by Gasteiger charge is -2.05. The van der Waals surface area contributed by atoms with E-state index in [1.807, 2.05) is 6.92 Å². The van der Waals surface area contributed by atoms with Crippen LogP contribution in [0.15, 0.2) is 24.3 Å². The van der Waals surface area contributed by atoms with Gasteiger partial charge in [0.1, 0.15) is 11.5 Å². The molecule has 0 heterocycles. The van der Waals surface area contributed by atoms with E-state index in [-0.39, 0.29) is 10.9 Å². The zero-order valence-corrected chi connectivity index (χ0v) is 10.3. The SMILES string of the molecule is CCOc1ccc(OC(=O)CSC(=N)N)cc1. The molecule has 0 saturated carbocycles. The summed E-state index contributed by atoms with van der Waals surface area (Å²) in [5.41, 5.74) is 5.11. The predicted octanol–water partition coefficient (Wildman–Crippen LogP) is 1.62. The molecule has 1 aromatic carbocycles. The normalized spacial score (nSPS) is 9.71. The molecule has 0 fully saturated rings. The third-order valence-electron chi connectivity index (χ3n) is 1.71. The van der Waals surface area contributed by atoms with E-state index in [1.165, 1.54) is 0 Å². The number of esters is 1. The molecule has 92 valence electrons. The van der Waals surface area contributed by atoms with E-state index in [2.05, 4.69) is 0 Å². The van der Waals surface area contributed by atoms with Crippen molar-refractivity contribution < 1.29 is 14.3 Å². The van der Waals surface area contributed by atoms with Gasteiger partial charge in [0.15, 0.2) is 5.17 Å². The number of rotatable bonds is 5. The lowest BCUT2D eigenvalue weighted by atomic mass is 10.3. The third-order valence-corrected chi connectivity index (χ3v) is 2.40. The van der Waals surface area contributed by atoms with Crippen LogP contribution in [0.2, 0.25) is 0 Å². The maximum Gasteiger partial charge on any atom is 0.321 e. The van der Waals surface area contributed by atoms with Gasteiger partial charge in [-0.25, -0.2) is 0 Å². The molecule has 0 spiro atoms. The Morgan fingerprint density at radius 3 is 2.47 bits per heavy atom. The van der Waals surface area contributed by atoms with Crippen LogP contribution in [0, 0.1) is 5.41 Å². The first-order chi connectivity index (χ1) is 8.11. The Bertz CT molecular complexity index is 392. The molecule has 0 aliphatic carbocycles. The van der Waals surface area contributed by atoms with Crippen molar-refractivity contribution in [1.29, 1.82) is 5.41 Å². The average Bonchev–Trinajstić information content (AvgIpc) is 2.29. The fourth-order valence-corrected chi connectivity index (χ4v) is 1.40. The lowest BCUT2D eigenvalue weighted by molar-refractivity contribution is -0.131. The van der Waals surface area contributed by atoms with Gasteiger partial charge in [-0.1, -0.05) is 11.8 Å². The van der Waals surface area contributed by atoms with Crippen LogP contribution < -0.4 is 15.2 Å². The van der Waals surface area contributed by atoms with Crippen molar-refractivity contribution in [2.24, 2.45) is 5.73 Å². The van der Waals surface area contributed by atoms with E-state index in [0.717, 1.165) is 17.5 Å². The minimum absolute atomic E-state index is 0.0303. The van der Waals surface area contributed by atoms with Crippen LogP contribution in [-0.2, 0) is 4.79 Å².